The third-order valence-corrected chi connectivity index (χ3v) is 5.90. The fourth-order valence-corrected chi connectivity index (χ4v) is 3.60. The molecule has 2 aromatic rings. The first-order chi connectivity index (χ1) is 14.8. The van der Waals surface area contributed by atoms with Crippen LogP contribution in [-0.2, 0) is 20.9 Å². The molecule has 1 aliphatic heterocycles. The highest BCUT2D eigenvalue weighted by Gasteiger charge is 2.35. The van der Waals surface area contributed by atoms with Gasteiger partial charge in [0.2, 0.25) is 11.8 Å². The number of methoxy groups -OCH3 is 1. The molecule has 2 aromatic carbocycles. The minimum Gasteiger partial charge on any atom is -0.493 e. The van der Waals surface area contributed by atoms with Gasteiger partial charge in [-0.25, -0.2) is 0 Å². The molecule has 3 rings (SSSR count). The predicted molar refractivity (Wildman–Crippen MR) is 119 cm³/mol. The number of nitrogens with two attached hydrogens (primary N) is 1. The zero-order valence-electron chi connectivity index (χ0n) is 17.3. The smallest absolute Gasteiger partial charge is 0.255 e. The van der Waals surface area contributed by atoms with Crippen LogP contribution in [0.4, 0.5) is 5.69 Å². The monoisotopic (exact) mass is 489 g/mol. The molecule has 31 heavy (non-hydrogen) atoms. The van der Waals surface area contributed by atoms with Crippen LogP contribution in [0.1, 0.15) is 17.5 Å². The van der Waals surface area contributed by atoms with Gasteiger partial charge in [-0.05, 0) is 48.4 Å². The highest BCUT2D eigenvalue weighted by atomic mass is 79.9. The summed E-state index contributed by atoms with van der Waals surface area (Å²) in [6.45, 7) is 2.32. The van der Waals surface area contributed by atoms with E-state index in [0.29, 0.717) is 18.0 Å². The highest BCUT2D eigenvalue weighted by molar-refractivity contribution is 9.10. The molecule has 1 saturated heterocycles. The number of carbonyl (C=O) groups excluding carboxylic acids is 3. The van der Waals surface area contributed by atoms with Gasteiger partial charge in [0.05, 0.1) is 13.0 Å². The molecule has 0 aromatic heterocycles. The van der Waals surface area contributed by atoms with E-state index in [0.717, 1.165) is 21.3 Å². The first-order valence-electron chi connectivity index (χ1n) is 9.70. The molecule has 0 bridgehead atoms. The Balaban J connectivity index is 1.60. The lowest BCUT2D eigenvalue weighted by molar-refractivity contribution is -0.126. The Kier molecular flexibility index (Phi) is 7.17. The number of hydrogen-bond acceptors (Lipinski definition) is 5. The second-order valence-corrected chi connectivity index (χ2v) is 8.15. The summed E-state index contributed by atoms with van der Waals surface area (Å²) in [5.41, 5.74) is 7.70. The molecule has 0 unspecified atom stereocenters. The molecule has 1 fully saturated rings. The van der Waals surface area contributed by atoms with Crippen LogP contribution in [0.2, 0.25) is 0 Å². The van der Waals surface area contributed by atoms with Crippen LogP contribution in [0.3, 0.4) is 0 Å². The molecular formula is C22H24BrN3O5. The molecule has 1 atom stereocenters. The molecule has 0 aliphatic carbocycles. The highest BCUT2D eigenvalue weighted by Crippen LogP contribution is 2.30. The minimum atomic E-state index is -0.586. The van der Waals surface area contributed by atoms with Gasteiger partial charge in [-0.2, -0.15) is 0 Å². The molecule has 0 radical (unpaired) electrons. The molecule has 164 valence electrons. The second kappa shape index (κ2) is 9.82. The Morgan fingerprint density at radius 1 is 1.23 bits per heavy atom. The van der Waals surface area contributed by atoms with Gasteiger partial charge in [-0.3, -0.25) is 14.4 Å². The number of benzene rings is 2. The van der Waals surface area contributed by atoms with Crippen LogP contribution in [-0.4, -0.2) is 38.0 Å². The molecule has 0 saturated carbocycles. The van der Waals surface area contributed by atoms with Crippen molar-refractivity contribution in [3.63, 3.8) is 0 Å². The predicted octanol–water partition coefficient (Wildman–Crippen LogP) is 2.30. The topological polar surface area (TPSA) is 111 Å². The molecule has 1 heterocycles. The number of hydrogen-bond donors (Lipinski definition) is 2. The van der Waals surface area contributed by atoms with Crippen LogP contribution in [0, 0.1) is 12.8 Å². The SMILES string of the molecule is COc1cc(CNC(=O)[C@H]2CC(=O)N(c3ccc(Br)c(C)c3)C2)ccc1OCC(N)=O. The van der Waals surface area contributed by atoms with Gasteiger partial charge in [0.1, 0.15) is 0 Å². The number of anilines is 1. The fourth-order valence-electron chi connectivity index (χ4n) is 3.35. The van der Waals surface area contributed by atoms with E-state index in [1.807, 2.05) is 25.1 Å². The Hall–Kier alpha value is -3.07. The van der Waals surface area contributed by atoms with Gasteiger partial charge >= 0.3 is 0 Å². The summed E-state index contributed by atoms with van der Waals surface area (Å²) in [5, 5.41) is 2.88. The first kappa shape index (κ1) is 22.6. The average molecular weight is 490 g/mol. The van der Waals surface area contributed by atoms with Crippen LogP contribution in [0.15, 0.2) is 40.9 Å². The van der Waals surface area contributed by atoms with Crippen LogP contribution in [0.25, 0.3) is 0 Å². The zero-order valence-corrected chi connectivity index (χ0v) is 18.9. The van der Waals surface area contributed by atoms with Crippen molar-refractivity contribution in [1.29, 1.82) is 0 Å². The van der Waals surface area contributed by atoms with Crippen molar-refractivity contribution in [3.8, 4) is 11.5 Å². The number of ether oxygens (including phenoxy) is 2. The van der Waals surface area contributed by atoms with Gasteiger partial charge in [0.25, 0.3) is 5.91 Å². The summed E-state index contributed by atoms with van der Waals surface area (Å²) in [6, 6.07) is 10.8. The number of amides is 3. The summed E-state index contributed by atoms with van der Waals surface area (Å²) >= 11 is 3.46. The lowest BCUT2D eigenvalue weighted by Gasteiger charge is -2.18. The Morgan fingerprint density at radius 2 is 2.00 bits per heavy atom. The maximum absolute atomic E-state index is 12.7. The van der Waals surface area contributed by atoms with E-state index in [4.69, 9.17) is 15.2 Å². The number of aryl methyl sites for hydroxylation is 1. The Labute approximate surface area is 188 Å². The van der Waals surface area contributed by atoms with Crippen molar-refractivity contribution >= 4 is 39.3 Å². The van der Waals surface area contributed by atoms with E-state index in [1.54, 1.807) is 23.1 Å². The first-order valence-corrected chi connectivity index (χ1v) is 10.5. The Morgan fingerprint density at radius 3 is 2.68 bits per heavy atom. The van der Waals surface area contributed by atoms with E-state index in [1.165, 1.54) is 7.11 Å². The van der Waals surface area contributed by atoms with E-state index in [-0.39, 0.29) is 31.4 Å². The molecular weight excluding hydrogens is 466 g/mol. The zero-order chi connectivity index (χ0) is 22.5. The number of nitrogens with one attached hydrogen (secondary N) is 1. The van der Waals surface area contributed by atoms with Gasteiger partial charge in [0.15, 0.2) is 18.1 Å². The van der Waals surface area contributed by atoms with E-state index < -0.39 is 11.8 Å². The van der Waals surface area contributed by atoms with Crippen molar-refractivity contribution in [2.75, 3.05) is 25.2 Å². The number of rotatable bonds is 8. The van der Waals surface area contributed by atoms with Crippen molar-refractivity contribution < 1.29 is 23.9 Å². The number of carbonyl (C=O) groups is 3. The Bertz CT molecular complexity index is 1010. The lowest BCUT2D eigenvalue weighted by atomic mass is 10.1. The molecule has 1 aliphatic rings. The molecule has 3 N–H and O–H groups in total. The third kappa shape index (κ3) is 5.55. The van der Waals surface area contributed by atoms with Crippen molar-refractivity contribution in [1.82, 2.24) is 5.32 Å². The summed E-state index contributed by atoms with van der Waals surface area (Å²) in [6.07, 6.45) is 0.171. The second-order valence-electron chi connectivity index (χ2n) is 7.30. The largest absolute Gasteiger partial charge is 0.493 e. The lowest BCUT2D eigenvalue weighted by Crippen LogP contribution is -2.32. The number of primary amides is 1. The van der Waals surface area contributed by atoms with E-state index in [2.05, 4.69) is 21.2 Å². The van der Waals surface area contributed by atoms with Crippen molar-refractivity contribution in [3.05, 3.63) is 52.0 Å². The average Bonchev–Trinajstić information content (AvgIpc) is 3.14. The fraction of sp³-hybridized carbons (Fsp3) is 0.318. The maximum Gasteiger partial charge on any atom is 0.255 e. The van der Waals surface area contributed by atoms with Crippen LogP contribution < -0.4 is 25.4 Å². The molecule has 8 nitrogen and oxygen atoms in total. The van der Waals surface area contributed by atoms with E-state index >= 15 is 0 Å². The van der Waals surface area contributed by atoms with Gasteiger partial charge in [-0.15, -0.1) is 0 Å². The standard InChI is InChI=1S/C22H24BrN3O5/c1-13-7-16(4-5-17(13)23)26-11-15(9-21(26)28)22(29)25-10-14-3-6-18(19(8-14)30-2)31-12-20(24)27/h3-8,15H,9-12H2,1-2H3,(H2,24,27)(H,25,29)/t15-/m0/s1. The summed E-state index contributed by atoms with van der Waals surface area (Å²) < 4.78 is 11.5. The van der Waals surface area contributed by atoms with Gasteiger partial charge in [0, 0.05) is 29.7 Å². The summed E-state index contributed by atoms with van der Waals surface area (Å²) in [7, 11) is 1.48. The van der Waals surface area contributed by atoms with Crippen molar-refractivity contribution in [2.45, 2.75) is 19.9 Å². The third-order valence-electron chi connectivity index (χ3n) is 5.01. The van der Waals surface area contributed by atoms with E-state index in [9.17, 15) is 14.4 Å². The van der Waals surface area contributed by atoms with Gasteiger partial charge in [-0.1, -0.05) is 22.0 Å². The summed E-state index contributed by atoms with van der Waals surface area (Å²) in [5.74, 6) is -0.440. The van der Waals surface area contributed by atoms with Gasteiger partial charge < -0.3 is 25.4 Å². The normalized spacial score (nSPS) is 15.6. The minimum absolute atomic E-state index is 0.0699. The quantitative estimate of drug-likeness (QED) is 0.590. The number of halogens is 1. The molecule has 0 spiro atoms. The number of nitrogens with zero attached hydrogens (tertiary/aromatic N) is 1. The van der Waals surface area contributed by atoms with Crippen molar-refractivity contribution in [2.24, 2.45) is 11.7 Å². The molecule has 9 heteroatoms. The van der Waals surface area contributed by atoms with Crippen LogP contribution in [0.5, 0.6) is 11.5 Å². The molecule has 3 amide bonds. The summed E-state index contributed by atoms with van der Waals surface area (Å²) in [4.78, 5) is 37.7. The maximum atomic E-state index is 12.7. The van der Waals surface area contributed by atoms with Crippen LogP contribution >= 0.6 is 15.9 Å².